The number of carboxylic acids is 1. The maximum absolute atomic E-state index is 11.9. The summed E-state index contributed by atoms with van der Waals surface area (Å²) in [5, 5.41) is 9.78. The molecule has 0 aliphatic heterocycles. The van der Waals surface area contributed by atoms with Crippen molar-refractivity contribution >= 4 is 5.97 Å². The smallest absolute Gasteiger partial charge is 0.311 e. The summed E-state index contributed by atoms with van der Waals surface area (Å²) in [6, 6.07) is 9.90. The van der Waals surface area contributed by atoms with E-state index in [0.29, 0.717) is 12.2 Å². The zero-order chi connectivity index (χ0) is 17.1. The van der Waals surface area contributed by atoms with Crippen molar-refractivity contribution in [2.45, 2.75) is 40.0 Å². The van der Waals surface area contributed by atoms with Crippen LogP contribution in [0, 0.1) is 27.7 Å². The molecule has 1 atom stereocenters. The van der Waals surface area contributed by atoms with Crippen LogP contribution in [-0.2, 0) is 11.2 Å². The number of rotatable bonds is 5. The van der Waals surface area contributed by atoms with E-state index in [1.807, 2.05) is 39.0 Å². The first-order valence-electron chi connectivity index (χ1n) is 7.77. The quantitative estimate of drug-likeness (QED) is 0.893. The Morgan fingerprint density at radius 3 is 2.17 bits per heavy atom. The van der Waals surface area contributed by atoms with Crippen LogP contribution < -0.4 is 4.74 Å². The van der Waals surface area contributed by atoms with Gasteiger partial charge in [0.1, 0.15) is 5.75 Å². The van der Waals surface area contributed by atoms with Crippen molar-refractivity contribution in [1.29, 1.82) is 0 Å². The summed E-state index contributed by atoms with van der Waals surface area (Å²) >= 11 is 0. The lowest BCUT2D eigenvalue weighted by Gasteiger charge is -2.19. The molecule has 0 aromatic heterocycles. The first-order valence-corrected chi connectivity index (χ1v) is 7.77. The van der Waals surface area contributed by atoms with Crippen molar-refractivity contribution in [3.63, 3.8) is 0 Å². The molecule has 3 nitrogen and oxygen atoms in total. The van der Waals surface area contributed by atoms with Gasteiger partial charge in [0.15, 0.2) is 0 Å². The van der Waals surface area contributed by atoms with E-state index in [-0.39, 0.29) is 0 Å². The van der Waals surface area contributed by atoms with Gasteiger partial charge in [-0.05, 0) is 56.9 Å². The second-order valence-corrected chi connectivity index (χ2v) is 6.22. The second-order valence-electron chi connectivity index (χ2n) is 6.22. The van der Waals surface area contributed by atoms with E-state index < -0.39 is 11.9 Å². The summed E-state index contributed by atoms with van der Waals surface area (Å²) in [7, 11) is 1.58. The number of hydrogen-bond donors (Lipinski definition) is 1. The summed E-state index contributed by atoms with van der Waals surface area (Å²) in [5.74, 6) is -0.816. The topological polar surface area (TPSA) is 46.5 Å². The number of aryl methyl sites for hydroxylation is 4. The zero-order valence-corrected chi connectivity index (χ0v) is 14.4. The third-order valence-corrected chi connectivity index (χ3v) is 4.31. The van der Waals surface area contributed by atoms with Gasteiger partial charge in [-0.15, -0.1) is 0 Å². The van der Waals surface area contributed by atoms with Gasteiger partial charge in [-0.3, -0.25) is 4.79 Å². The standard InChI is InChI=1S/C20H24O3/c1-12-6-7-19(23-5)17(10-12)18(20(21)22)11-16-14(3)8-13(2)9-15(16)4/h6-10,18H,11H2,1-5H3,(H,21,22). The van der Waals surface area contributed by atoms with E-state index in [4.69, 9.17) is 4.74 Å². The Hall–Kier alpha value is -2.29. The number of carboxylic acid groups (broad SMARTS) is 1. The van der Waals surface area contributed by atoms with Crippen molar-refractivity contribution < 1.29 is 14.6 Å². The largest absolute Gasteiger partial charge is 0.496 e. The minimum Gasteiger partial charge on any atom is -0.496 e. The number of methoxy groups -OCH3 is 1. The highest BCUT2D eigenvalue weighted by Crippen LogP contribution is 2.32. The Morgan fingerprint density at radius 1 is 1.04 bits per heavy atom. The van der Waals surface area contributed by atoms with Crippen molar-refractivity contribution in [1.82, 2.24) is 0 Å². The van der Waals surface area contributed by atoms with Crippen molar-refractivity contribution in [3.8, 4) is 5.75 Å². The Kier molecular flexibility index (Phi) is 5.09. The molecule has 1 N–H and O–H groups in total. The fourth-order valence-corrected chi connectivity index (χ4v) is 3.19. The maximum atomic E-state index is 11.9. The molecule has 0 saturated carbocycles. The fourth-order valence-electron chi connectivity index (χ4n) is 3.19. The highest BCUT2D eigenvalue weighted by molar-refractivity contribution is 5.78. The molecule has 2 aromatic rings. The van der Waals surface area contributed by atoms with Gasteiger partial charge in [0.25, 0.3) is 0 Å². The van der Waals surface area contributed by atoms with Gasteiger partial charge in [-0.1, -0.05) is 35.4 Å². The van der Waals surface area contributed by atoms with Crippen LogP contribution in [0.4, 0.5) is 0 Å². The molecule has 0 heterocycles. The number of hydrogen-bond acceptors (Lipinski definition) is 2. The number of aliphatic carboxylic acids is 1. The summed E-state index contributed by atoms with van der Waals surface area (Å²) in [6.07, 6.45) is 0.465. The molecule has 0 aliphatic rings. The number of benzene rings is 2. The summed E-state index contributed by atoms with van der Waals surface area (Å²) in [4.78, 5) is 11.9. The van der Waals surface area contributed by atoms with E-state index in [1.54, 1.807) is 7.11 Å². The fraction of sp³-hybridized carbons (Fsp3) is 0.350. The van der Waals surface area contributed by atoms with Crippen LogP contribution in [0.1, 0.15) is 39.3 Å². The maximum Gasteiger partial charge on any atom is 0.311 e. The predicted octanol–water partition coefficient (Wildman–Crippen LogP) is 4.34. The van der Waals surface area contributed by atoms with Crippen LogP contribution in [0.25, 0.3) is 0 Å². The lowest BCUT2D eigenvalue weighted by atomic mass is 9.86. The van der Waals surface area contributed by atoms with Crippen LogP contribution >= 0.6 is 0 Å². The Balaban J connectivity index is 2.49. The molecule has 0 amide bonds. The first kappa shape index (κ1) is 17.1. The van der Waals surface area contributed by atoms with Crippen LogP contribution in [-0.4, -0.2) is 18.2 Å². The number of ether oxygens (including phenoxy) is 1. The molecule has 0 aliphatic carbocycles. The van der Waals surface area contributed by atoms with Gasteiger partial charge >= 0.3 is 5.97 Å². The Morgan fingerprint density at radius 2 is 1.65 bits per heavy atom. The molecule has 0 bridgehead atoms. The molecule has 0 radical (unpaired) electrons. The van der Waals surface area contributed by atoms with E-state index in [1.165, 1.54) is 5.56 Å². The second kappa shape index (κ2) is 6.86. The third-order valence-electron chi connectivity index (χ3n) is 4.31. The Labute approximate surface area is 137 Å². The highest BCUT2D eigenvalue weighted by Gasteiger charge is 2.25. The van der Waals surface area contributed by atoms with E-state index in [2.05, 4.69) is 19.1 Å². The molecule has 0 saturated heterocycles. The van der Waals surface area contributed by atoms with Gasteiger partial charge in [-0.25, -0.2) is 0 Å². The van der Waals surface area contributed by atoms with Crippen molar-refractivity contribution in [2.24, 2.45) is 0 Å². The molecule has 2 aromatic carbocycles. The average molecular weight is 312 g/mol. The van der Waals surface area contributed by atoms with Gasteiger partial charge in [0.05, 0.1) is 13.0 Å². The summed E-state index contributed by atoms with van der Waals surface area (Å²) < 4.78 is 5.39. The summed E-state index contributed by atoms with van der Waals surface area (Å²) in [6.45, 7) is 8.11. The molecular formula is C20H24O3. The SMILES string of the molecule is COc1ccc(C)cc1C(Cc1c(C)cc(C)cc1C)C(=O)O. The summed E-state index contributed by atoms with van der Waals surface area (Å²) in [5.41, 5.74) is 6.35. The lowest BCUT2D eigenvalue weighted by Crippen LogP contribution is -2.17. The van der Waals surface area contributed by atoms with Crippen molar-refractivity contribution in [3.05, 3.63) is 63.7 Å². The highest BCUT2D eigenvalue weighted by atomic mass is 16.5. The first-order chi connectivity index (χ1) is 10.8. The minimum atomic E-state index is -0.826. The molecule has 0 spiro atoms. The van der Waals surface area contributed by atoms with Crippen molar-refractivity contribution in [2.75, 3.05) is 7.11 Å². The molecule has 2 rings (SSSR count). The zero-order valence-electron chi connectivity index (χ0n) is 14.4. The van der Waals surface area contributed by atoms with E-state index >= 15 is 0 Å². The molecule has 3 heteroatoms. The van der Waals surface area contributed by atoms with Crippen LogP contribution in [0.2, 0.25) is 0 Å². The van der Waals surface area contributed by atoms with E-state index in [0.717, 1.165) is 27.8 Å². The minimum absolute atomic E-state index is 0.465. The normalized spacial score (nSPS) is 12.0. The molecule has 122 valence electrons. The van der Waals surface area contributed by atoms with Gasteiger partial charge in [-0.2, -0.15) is 0 Å². The van der Waals surface area contributed by atoms with Gasteiger partial charge < -0.3 is 9.84 Å². The molecule has 0 fully saturated rings. The van der Waals surface area contributed by atoms with E-state index in [9.17, 15) is 9.90 Å². The molecule has 23 heavy (non-hydrogen) atoms. The Bertz CT molecular complexity index is 709. The van der Waals surface area contributed by atoms with Crippen LogP contribution in [0.3, 0.4) is 0 Å². The predicted molar refractivity (Wildman–Crippen MR) is 92.5 cm³/mol. The third kappa shape index (κ3) is 3.73. The monoisotopic (exact) mass is 312 g/mol. The molecule has 1 unspecified atom stereocenters. The van der Waals surface area contributed by atoms with Crippen LogP contribution in [0.15, 0.2) is 30.3 Å². The number of carbonyl (C=O) groups is 1. The lowest BCUT2D eigenvalue weighted by molar-refractivity contribution is -0.138. The average Bonchev–Trinajstić information content (AvgIpc) is 2.46. The molecular weight excluding hydrogens is 288 g/mol. The van der Waals surface area contributed by atoms with Gasteiger partial charge in [0, 0.05) is 5.56 Å². The van der Waals surface area contributed by atoms with Gasteiger partial charge in [0.2, 0.25) is 0 Å². The van der Waals surface area contributed by atoms with Crippen LogP contribution in [0.5, 0.6) is 5.75 Å².